The Bertz CT molecular complexity index is 590. The van der Waals surface area contributed by atoms with Gasteiger partial charge in [-0.1, -0.05) is 12.1 Å². The first-order chi connectivity index (χ1) is 8.47. The molecule has 0 unspecified atom stereocenters. The first-order valence-corrected chi connectivity index (χ1v) is 6.15. The summed E-state index contributed by atoms with van der Waals surface area (Å²) in [6.45, 7) is 3.37. The molecule has 1 heterocycles. The van der Waals surface area contributed by atoms with Crippen molar-refractivity contribution in [1.82, 2.24) is 5.32 Å². The van der Waals surface area contributed by atoms with Crippen LogP contribution in [-0.2, 0) is 4.79 Å². The molecule has 18 heavy (non-hydrogen) atoms. The molecule has 1 aliphatic rings. The lowest BCUT2D eigenvalue weighted by molar-refractivity contribution is -0.115. The number of rotatable bonds is 2. The minimum atomic E-state index is -0.375. The predicted octanol–water partition coefficient (Wildman–Crippen LogP) is 2.52. The van der Waals surface area contributed by atoms with Crippen LogP contribution in [0.3, 0.4) is 0 Å². The fourth-order valence-corrected chi connectivity index (χ4v) is 2.29. The highest BCUT2D eigenvalue weighted by Gasteiger charge is 2.25. The van der Waals surface area contributed by atoms with Gasteiger partial charge in [-0.25, -0.2) is 0 Å². The largest absolute Gasteiger partial charge is 0.295 e. The molecule has 0 spiro atoms. The number of thioether (sulfide) groups is 1. The molecular weight excluding hydrogens is 250 g/mol. The summed E-state index contributed by atoms with van der Waals surface area (Å²) in [7, 11) is 0. The zero-order chi connectivity index (χ0) is 13.3. The predicted molar refractivity (Wildman–Crippen MR) is 70.3 cm³/mol. The smallest absolute Gasteiger partial charge is 0.290 e. The zero-order valence-corrected chi connectivity index (χ0v) is 10.8. The number of ketones is 1. The lowest BCUT2D eigenvalue weighted by Gasteiger charge is -2.03. The number of hydrogen-bond acceptors (Lipinski definition) is 4. The van der Waals surface area contributed by atoms with Crippen molar-refractivity contribution in [2.45, 2.75) is 13.8 Å². The maximum atomic E-state index is 11.4. The van der Waals surface area contributed by atoms with Gasteiger partial charge in [-0.05, 0) is 48.9 Å². The lowest BCUT2D eigenvalue weighted by Crippen LogP contribution is -2.17. The van der Waals surface area contributed by atoms with Crippen molar-refractivity contribution in [1.29, 1.82) is 0 Å². The Balaban J connectivity index is 2.35. The summed E-state index contributed by atoms with van der Waals surface area (Å²) >= 11 is 0.882. The molecule has 0 atom stereocenters. The van der Waals surface area contributed by atoms with Crippen LogP contribution in [0, 0.1) is 6.92 Å². The molecule has 4 nitrogen and oxygen atoms in total. The van der Waals surface area contributed by atoms with E-state index >= 15 is 0 Å². The van der Waals surface area contributed by atoms with Gasteiger partial charge in [-0.15, -0.1) is 0 Å². The Morgan fingerprint density at radius 2 is 2.06 bits per heavy atom. The summed E-state index contributed by atoms with van der Waals surface area (Å²) in [5, 5.41) is 1.84. The van der Waals surface area contributed by atoms with Crippen LogP contribution in [0.4, 0.5) is 4.79 Å². The molecule has 1 aromatic carbocycles. The van der Waals surface area contributed by atoms with E-state index in [2.05, 4.69) is 5.32 Å². The Hall–Kier alpha value is -1.88. The quantitative estimate of drug-likeness (QED) is 0.656. The molecule has 0 radical (unpaired) electrons. The van der Waals surface area contributed by atoms with Crippen molar-refractivity contribution < 1.29 is 14.4 Å². The molecular formula is C13H11NO3S. The molecule has 92 valence electrons. The number of nitrogens with one attached hydrogen (secondary N) is 1. The van der Waals surface area contributed by atoms with Gasteiger partial charge >= 0.3 is 0 Å². The summed E-state index contributed by atoms with van der Waals surface area (Å²) in [5.74, 6) is -0.375. The molecule has 0 aliphatic carbocycles. The third-order valence-corrected chi connectivity index (χ3v) is 3.42. The molecule has 0 saturated carbocycles. The summed E-state index contributed by atoms with van der Waals surface area (Å²) in [5.41, 5.74) is 2.35. The van der Waals surface area contributed by atoms with Gasteiger partial charge in [0, 0.05) is 5.56 Å². The number of imide groups is 1. The van der Waals surface area contributed by atoms with E-state index in [0.29, 0.717) is 10.5 Å². The van der Waals surface area contributed by atoms with Crippen molar-refractivity contribution in [3.8, 4) is 0 Å². The first kappa shape index (κ1) is 12.6. The Kier molecular flexibility index (Phi) is 3.34. The molecule has 1 fully saturated rings. The summed E-state index contributed by atoms with van der Waals surface area (Å²) in [6.07, 6.45) is 1.66. The third kappa shape index (κ3) is 2.51. The minimum absolute atomic E-state index is 0.000431. The topological polar surface area (TPSA) is 63.2 Å². The average Bonchev–Trinajstić information content (AvgIpc) is 2.60. The molecule has 1 saturated heterocycles. The summed E-state index contributed by atoms with van der Waals surface area (Å²) in [6, 6.07) is 5.25. The highest BCUT2D eigenvalue weighted by molar-refractivity contribution is 8.18. The van der Waals surface area contributed by atoms with Crippen LogP contribution in [0.2, 0.25) is 0 Å². The highest BCUT2D eigenvalue weighted by atomic mass is 32.2. The van der Waals surface area contributed by atoms with Crippen LogP contribution < -0.4 is 5.32 Å². The number of Topliss-reactive ketones (excluding diaryl/α,β-unsaturated/α-hetero) is 1. The monoisotopic (exact) mass is 261 g/mol. The van der Waals surface area contributed by atoms with E-state index in [1.807, 2.05) is 6.92 Å². The van der Waals surface area contributed by atoms with Crippen molar-refractivity contribution in [3.63, 3.8) is 0 Å². The normalized spacial score (nSPS) is 17.1. The van der Waals surface area contributed by atoms with Crippen molar-refractivity contribution in [2.24, 2.45) is 0 Å². The summed E-state index contributed by atoms with van der Waals surface area (Å²) in [4.78, 5) is 34.0. The number of aryl methyl sites for hydroxylation is 1. The average molecular weight is 261 g/mol. The number of carbonyl (C=O) groups is 3. The molecule has 5 heteroatoms. The van der Waals surface area contributed by atoms with E-state index in [9.17, 15) is 14.4 Å². The van der Waals surface area contributed by atoms with Crippen LogP contribution in [-0.4, -0.2) is 16.9 Å². The van der Waals surface area contributed by atoms with Gasteiger partial charge in [0.2, 0.25) is 0 Å². The first-order valence-electron chi connectivity index (χ1n) is 5.34. The maximum Gasteiger partial charge on any atom is 0.290 e. The molecule has 1 aliphatic heterocycles. The van der Waals surface area contributed by atoms with E-state index in [1.54, 1.807) is 24.3 Å². The van der Waals surface area contributed by atoms with Crippen LogP contribution >= 0.6 is 11.8 Å². The van der Waals surface area contributed by atoms with Gasteiger partial charge in [0.1, 0.15) is 0 Å². The molecule has 0 aromatic heterocycles. The standard InChI is InChI=1S/C13H11NO3S/c1-7-5-10(8(2)15)4-3-9(7)6-11-12(16)14-13(17)18-11/h3-6H,1-2H3,(H,14,16,17)/b11-6-. The van der Waals surface area contributed by atoms with E-state index < -0.39 is 0 Å². The molecule has 2 amide bonds. The molecule has 2 rings (SSSR count). The van der Waals surface area contributed by atoms with Crippen molar-refractivity contribution in [2.75, 3.05) is 0 Å². The molecule has 1 aromatic rings. The third-order valence-electron chi connectivity index (χ3n) is 2.60. The van der Waals surface area contributed by atoms with Gasteiger partial charge in [0.15, 0.2) is 5.78 Å². The number of amides is 2. The Labute approximate surface area is 108 Å². The minimum Gasteiger partial charge on any atom is -0.295 e. The second kappa shape index (κ2) is 4.78. The van der Waals surface area contributed by atoms with Gasteiger partial charge in [0.05, 0.1) is 4.91 Å². The number of hydrogen-bond donors (Lipinski definition) is 1. The van der Waals surface area contributed by atoms with Crippen LogP contribution in [0.25, 0.3) is 6.08 Å². The summed E-state index contributed by atoms with van der Waals surface area (Å²) < 4.78 is 0. The van der Waals surface area contributed by atoms with Crippen LogP contribution in [0.1, 0.15) is 28.4 Å². The van der Waals surface area contributed by atoms with Crippen molar-refractivity contribution in [3.05, 3.63) is 39.8 Å². The van der Waals surface area contributed by atoms with E-state index in [4.69, 9.17) is 0 Å². The van der Waals surface area contributed by atoms with E-state index in [0.717, 1.165) is 22.9 Å². The Morgan fingerprint density at radius 1 is 1.33 bits per heavy atom. The van der Waals surface area contributed by atoms with Crippen molar-refractivity contribution >= 4 is 34.8 Å². The molecule has 1 N–H and O–H groups in total. The Morgan fingerprint density at radius 3 is 2.56 bits per heavy atom. The highest BCUT2D eigenvalue weighted by Crippen LogP contribution is 2.26. The SMILES string of the molecule is CC(=O)c1ccc(/C=C2\SC(=O)NC2=O)c(C)c1. The fourth-order valence-electron chi connectivity index (χ4n) is 1.62. The van der Waals surface area contributed by atoms with Crippen LogP contribution in [0.15, 0.2) is 23.1 Å². The number of carbonyl (C=O) groups excluding carboxylic acids is 3. The van der Waals surface area contributed by atoms with Gasteiger partial charge in [-0.3, -0.25) is 19.7 Å². The van der Waals surface area contributed by atoms with Crippen LogP contribution in [0.5, 0.6) is 0 Å². The van der Waals surface area contributed by atoms with Gasteiger partial charge < -0.3 is 0 Å². The van der Waals surface area contributed by atoms with E-state index in [-0.39, 0.29) is 16.9 Å². The molecule has 0 bridgehead atoms. The number of benzene rings is 1. The second-order valence-electron chi connectivity index (χ2n) is 3.98. The van der Waals surface area contributed by atoms with Gasteiger partial charge in [-0.2, -0.15) is 0 Å². The second-order valence-corrected chi connectivity index (χ2v) is 4.99. The zero-order valence-electron chi connectivity index (χ0n) is 9.94. The maximum absolute atomic E-state index is 11.4. The van der Waals surface area contributed by atoms with E-state index in [1.165, 1.54) is 6.92 Å². The lowest BCUT2D eigenvalue weighted by atomic mass is 10.0. The van der Waals surface area contributed by atoms with Gasteiger partial charge in [0.25, 0.3) is 11.1 Å². The fraction of sp³-hybridized carbons (Fsp3) is 0.154.